The number of rotatable bonds is 7. The molecule has 2 fully saturated rings. The van der Waals surface area contributed by atoms with Gasteiger partial charge < -0.3 is 20.1 Å². The Morgan fingerprint density at radius 3 is 2.51 bits per heavy atom. The highest BCUT2D eigenvalue weighted by molar-refractivity contribution is 6.02. The predicted octanol–water partition coefficient (Wildman–Crippen LogP) is 2.74. The number of amides is 2. The summed E-state index contributed by atoms with van der Waals surface area (Å²) in [4.78, 5) is 41.5. The Morgan fingerprint density at radius 2 is 1.86 bits per heavy atom. The second-order valence-corrected chi connectivity index (χ2v) is 10.2. The Hall–Kier alpha value is -3.00. The van der Waals surface area contributed by atoms with Crippen LogP contribution in [0.5, 0.6) is 0 Å². The lowest BCUT2D eigenvalue weighted by Gasteiger charge is -2.34. The van der Waals surface area contributed by atoms with E-state index in [0.717, 1.165) is 61.8 Å². The highest BCUT2D eigenvalue weighted by atomic mass is 19.1. The van der Waals surface area contributed by atoms with E-state index in [2.05, 4.69) is 10.6 Å². The number of aromatic nitrogens is 1. The molecule has 7 nitrogen and oxygen atoms in total. The molecule has 0 saturated heterocycles. The van der Waals surface area contributed by atoms with E-state index in [4.69, 9.17) is 0 Å². The molecule has 2 saturated carbocycles. The third-order valence-corrected chi connectivity index (χ3v) is 7.95. The molecule has 1 atom stereocenters. The lowest BCUT2D eigenvalue weighted by Crippen LogP contribution is -2.57. The molecular weight excluding hydrogens is 447 g/mol. The molecule has 2 aromatic rings. The molecule has 0 bridgehead atoms. The van der Waals surface area contributed by atoms with Crippen LogP contribution in [-0.2, 0) is 22.6 Å². The first-order valence-corrected chi connectivity index (χ1v) is 12.7. The van der Waals surface area contributed by atoms with Crippen LogP contribution >= 0.6 is 0 Å². The molecule has 186 valence electrons. The number of fused-ring (bicyclic) bond motifs is 1. The number of halogens is 1. The molecule has 3 aliphatic rings. The average molecular weight is 481 g/mol. The normalized spacial score (nSPS) is 19.8. The van der Waals surface area contributed by atoms with E-state index >= 15 is 0 Å². The molecular formula is C27H33FN4O3. The molecule has 0 radical (unpaired) electrons. The zero-order chi connectivity index (χ0) is 24.6. The van der Waals surface area contributed by atoms with E-state index in [1.54, 1.807) is 40.9 Å². The summed E-state index contributed by atoms with van der Waals surface area (Å²) in [5.74, 6) is -0.400. The van der Waals surface area contributed by atoms with Crippen molar-refractivity contribution < 1.29 is 14.0 Å². The van der Waals surface area contributed by atoms with Gasteiger partial charge in [0.1, 0.15) is 11.9 Å². The van der Waals surface area contributed by atoms with Crippen LogP contribution in [0.2, 0.25) is 0 Å². The van der Waals surface area contributed by atoms with Gasteiger partial charge in [0.25, 0.3) is 5.56 Å². The molecule has 2 amide bonds. The summed E-state index contributed by atoms with van der Waals surface area (Å²) in [5, 5.41) is 6.25. The van der Waals surface area contributed by atoms with Crippen LogP contribution in [-0.4, -0.2) is 41.6 Å². The highest BCUT2D eigenvalue weighted by Crippen LogP contribution is 2.37. The number of nitrogens with zero attached hydrogens (tertiary/aromatic N) is 2. The Morgan fingerprint density at radius 1 is 1.14 bits per heavy atom. The van der Waals surface area contributed by atoms with Gasteiger partial charge >= 0.3 is 0 Å². The maximum atomic E-state index is 13.9. The van der Waals surface area contributed by atoms with Crippen molar-refractivity contribution in [1.29, 1.82) is 0 Å². The SMILES string of the molecule is CNC1(C(=O)N[C@H](C(=O)N2CCc3cc(=O)n(Cc4ccc(F)cc4)cc32)C2CCCCC2)CC1. The Balaban J connectivity index is 1.41. The number of likely N-dealkylation sites (N-methyl/N-ethyl adjacent to an activating group) is 1. The van der Waals surface area contributed by atoms with Gasteiger partial charge in [-0.15, -0.1) is 0 Å². The van der Waals surface area contributed by atoms with E-state index in [-0.39, 0.29) is 29.1 Å². The number of carbonyl (C=O) groups excluding carboxylic acids is 2. The molecule has 2 aliphatic carbocycles. The van der Waals surface area contributed by atoms with Gasteiger partial charge in [0.05, 0.1) is 17.8 Å². The summed E-state index contributed by atoms with van der Waals surface area (Å²) in [6.07, 6.45) is 9.05. The lowest BCUT2D eigenvalue weighted by atomic mass is 9.83. The summed E-state index contributed by atoms with van der Waals surface area (Å²) < 4.78 is 14.9. The first-order valence-electron chi connectivity index (χ1n) is 12.7. The number of benzene rings is 1. The predicted molar refractivity (Wildman–Crippen MR) is 132 cm³/mol. The Kier molecular flexibility index (Phi) is 6.49. The van der Waals surface area contributed by atoms with E-state index in [1.165, 1.54) is 12.1 Å². The number of anilines is 1. The number of hydrogen-bond donors (Lipinski definition) is 2. The van der Waals surface area contributed by atoms with E-state index in [0.29, 0.717) is 19.5 Å². The van der Waals surface area contributed by atoms with E-state index in [9.17, 15) is 18.8 Å². The summed E-state index contributed by atoms with van der Waals surface area (Å²) >= 11 is 0. The second-order valence-electron chi connectivity index (χ2n) is 10.2. The van der Waals surface area contributed by atoms with Crippen LogP contribution in [0.4, 0.5) is 10.1 Å². The molecule has 5 rings (SSSR count). The summed E-state index contributed by atoms with van der Waals surface area (Å²) in [7, 11) is 1.79. The number of pyridine rings is 1. The number of nitrogens with one attached hydrogen (secondary N) is 2. The van der Waals surface area contributed by atoms with Crippen molar-refractivity contribution in [2.45, 2.75) is 69.5 Å². The van der Waals surface area contributed by atoms with Crippen molar-refractivity contribution in [2.24, 2.45) is 5.92 Å². The van der Waals surface area contributed by atoms with Crippen LogP contribution in [0.15, 0.2) is 41.3 Å². The summed E-state index contributed by atoms with van der Waals surface area (Å²) in [6.45, 7) is 0.784. The van der Waals surface area contributed by atoms with Crippen molar-refractivity contribution in [3.8, 4) is 0 Å². The van der Waals surface area contributed by atoms with Crippen molar-refractivity contribution in [2.75, 3.05) is 18.5 Å². The van der Waals surface area contributed by atoms with Crippen LogP contribution in [0.25, 0.3) is 0 Å². The standard InChI is InChI=1S/C27H33FN4O3/c1-29-27(12-13-27)26(35)30-24(19-5-3-2-4-6-19)25(34)32-14-11-20-15-23(33)31(17-22(20)32)16-18-7-9-21(28)10-8-18/h7-10,15,17,19,24,29H,2-6,11-14,16H2,1H3,(H,30,35)/t24-/m0/s1. The molecule has 35 heavy (non-hydrogen) atoms. The minimum Gasteiger partial charge on any atom is -0.342 e. The molecule has 2 heterocycles. The quantitative estimate of drug-likeness (QED) is 0.639. The van der Waals surface area contributed by atoms with E-state index in [1.807, 2.05) is 0 Å². The van der Waals surface area contributed by atoms with Crippen LogP contribution in [0.1, 0.15) is 56.1 Å². The Labute approximate surface area is 204 Å². The van der Waals surface area contributed by atoms with Gasteiger partial charge in [-0.3, -0.25) is 14.4 Å². The van der Waals surface area contributed by atoms with Gasteiger partial charge in [0, 0.05) is 18.8 Å². The van der Waals surface area contributed by atoms with Gasteiger partial charge in [-0.25, -0.2) is 4.39 Å². The molecule has 0 spiro atoms. The monoisotopic (exact) mass is 480 g/mol. The third kappa shape index (κ3) is 4.76. The topological polar surface area (TPSA) is 83.4 Å². The Bertz CT molecular complexity index is 1170. The largest absolute Gasteiger partial charge is 0.342 e. The minimum atomic E-state index is -0.572. The smallest absolute Gasteiger partial charge is 0.251 e. The summed E-state index contributed by atoms with van der Waals surface area (Å²) in [6, 6.07) is 7.08. The number of carbonyl (C=O) groups is 2. The fourth-order valence-corrected chi connectivity index (χ4v) is 5.55. The maximum absolute atomic E-state index is 13.9. The van der Waals surface area contributed by atoms with Crippen molar-refractivity contribution in [3.63, 3.8) is 0 Å². The van der Waals surface area contributed by atoms with Crippen LogP contribution < -0.4 is 21.1 Å². The lowest BCUT2D eigenvalue weighted by molar-refractivity contribution is -0.130. The second kappa shape index (κ2) is 9.57. The zero-order valence-corrected chi connectivity index (χ0v) is 20.2. The molecule has 1 aromatic heterocycles. The molecule has 1 aliphatic heterocycles. The van der Waals surface area contributed by atoms with Gasteiger partial charge in [-0.1, -0.05) is 31.4 Å². The fraction of sp³-hybridized carbons (Fsp3) is 0.519. The van der Waals surface area contributed by atoms with Crippen LogP contribution in [0.3, 0.4) is 0 Å². The van der Waals surface area contributed by atoms with Gasteiger partial charge in [-0.2, -0.15) is 0 Å². The minimum absolute atomic E-state index is 0.0929. The van der Waals surface area contributed by atoms with Gasteiger partial charge in [-0.05, 0) is 68.3 Å². The zero-order valence-electron chi connectivity index (χ0n) is 20.2. The third-order valence-electron chi connectivity index (χ3n) is 7.95. The first kappa shape index (κ1) is 23.7. The van der Waals surface area contributed by atoms with Gasteiger partial charge in [0.2, 0.25) is 11.8 Å². The molecule has 2 N–H and O–H groups in total. The first-order chi connectivity index (χ1) is 16.9. The average Bonchev–Trinajstić information content (AvgIpc) is 3.58. The maximum Gasteiger partial charge on any atom is 0.251 e. The van der Waals surface area contributed by atoms with Crippen molar-refractivity contribution >= 4 is 17.5 Å². The molecule has 8 heteroatoms. The van der Waals surface area contributed by atoms with Crippen LogP contribution in [0, 0.1) is 11.7 Å². The van der Waals surface area contributed by atoms with Crippen molar-refractivity contribution in [3.05, 3.63) is 63.8 Å². The number of hydrogen-bond acceptors (Lipinski definition) is 4. The highest BCUT2D eigenvalue weighted by Gasteiger charge is 2.50. The van der Waals surface area contributed by atoms with Crippen molar-refractivity contribution in [1.82, 2.24) is 15.2 Å². The van der Waals surface area contributed by atoms with Gasteiger partial charge in [0.15, 0.2) is 0 Å². The molecule has 1 aromatic carbocycles. The summed E-state index contributed by atoms with van der Waals surface area (Å²) in [5.41, 5.74) is 1.68. The fourth-order valence-electron chi connectivity index (χ4n) is 5.55. The molecule has 0 unspecified atom stereocenters. The van der Waals surface area contributed by atoms with E-state index < -0.39 is 11.6 Å².